The lowest BCUT2D eigenvalue weighted by Crippen LogP contribution is -2.48. The Morgan fingerprint density at radius 2 is 2.08 bits per heavy atom. The van der Waals surface area contributed by atoms with Gasteiger partial charge in [-0.3, -0.25) is 0 Å². The van der Waals surface area contributed by atoms with Gasteiger partial charge < -0.3 is 34.6 Å². The molecular formula is C28H38N6O5. The van der Waals surface area contributed by atoms with Crippen LogP contribution in [0.25, 0.3) is 22.6 Å². The van der Waals surface area contributed by atoms with Gasteiger partial charge in [0, 0.05) is 36.3 Å². The summed E-state index contributed by atoms with van der Waals surface area (Å²) in [7, 11) is 3.19. The highest BCUT2D eigenvalue weighted by molar-refractivity contribution is 5.74. The number of hydrogen-bond donors (Lipinski definition) is 3. The summed E-state index contributed by atoms with van der Waals surface area (Å²) in [6.45, 7) is 8.98. The molecule has 4 rings (SSSR count). The van der Waals surface area contributed by atoms with Gasteiger partial charge in [-0.05, 0) is 59.7 Å². The predicted octanol–water partition coefficient (Wildman–Crippen LogP) is 3.71. The van der Waals surface area contributed by atoms with E-state index in [-0.39, 0.29) is 24.8 Å². The topological polar surface area (TPSA) is 135 Å². The van der Waals surface area contributed by atoms with E-state index in [0.29, 0.717) is 30.4 Å². The van der Waals surface area contributed by atoms with Gasteiger partial charge in [0.15, 0.2) is 5.82 Å². The van der Waals surface area contributed by atoms with Crippen LogP contribution < -0.4 is 15.4 Å². The molecule has 3 atom stereocenters. The monoisotopic (exact) mass is 538 g/mol. The van der Waals surface area contributed by atoms with E-state index in [1.54, 1.807) is 11.9 Å². The number of likely N-dealkylation sites (tertiary alicyclic amines) is 1. The molecule has 0 aliphatic carbocycles. The molecule has 210 valence electrons. The summed E-state index contributed by atoms with van der Waals surface area (Å²) in [6, 6.07) is 7.66. The number of amides is 1. The number of aromatic nitrogens is 3. The Kier molecular flexibility index (Phi) is 9.03. The Balaban J connectivity index is 1.67. The SMILES string of the molecule is CNC[C@@H](O)COc1cccc(-c2nc(NC3CCN(C(=O)OC)C(C)C3)c(C)c(-c3c(C)noc3C)n2)c1. The van der Waals surface area contributed by atoms with Crippen LogP contribution in [-0.2, 0) is 4.74 Å². The first-order valence-electron chi connectivity index (χ1n) is 13.2. The minimum atomic E-state index is -0.621. The molecule has 39 heavy (non-hydrogen) atoms. The van der Waals surface area contributed by atoms with E-state index in [1.165, 1.54) is 7.11 Å². The first-order chi connectivity index (χ1) is 18.7. The van der Waals surface area contributed by atoms with Crippen LogP contribution in [0.4, 0.5) is 10.6 Å². The summed E-state index contributed by atoms with van der Waals surface area (Å²) < 4.78 is 16.2. The molecule has 1 saturated heterocycles. The summed E-state index contributed by atoms with van der Waals surface area (Å²) in [4.78, 5) is 23.7. The number of methoxy groups -OCH3 is 1. The van der Waals surface area contributed by atoms with E-state index in [2.05, 4.69) is 15.8 Å². The number of ether oxygens (including phenoxy) is 2. The largest absolute Gasteiger partial charge is 0.491 e. The molecule has 0 radical (unpaired) electrons. The van der Waals surface area contributed by atoms with Crippen molar-refractivity contribution in [3.63, 3.8) is 0 Å². The number of aliphatic hydroxyl groups is 1. The number of nitrogens with zero attached hydrogens (tertiary/aromatic N) is 4. The summed E-state index contributed by atoms with van der Waals surface area (Å²) in [5.41, 5.74) is 4.01. The number of piperidine rings is 1. The molecule has 2 unspecified atom stereocenters. The van der Waals surface area contributed by atoms with E-state index in [4.69, 9.17) is 24.0 Å². The lowest BCUT2D eigenvalue weighted by Gasteiger charge is -2.37. The van der Waals surface area contributed by atoms with Gasteiger partial charge in [0.05, 0.1) is 24.1 Å². The number of carbonyl (C=O) groups excluding carboxylic acids is 1. The second-order valence-corrected chi connectivity index (χ2v) is 10.00. The van der Waals surface area contributed by atoms with Crippen LogP contribution in [0.15, 0.2) is 28.8 Å². The molecule has 1 amide bonds. The third-order valence-electron chi connectivity index (χ3n) is 7.02. The van der Waals surface area contributed by atoms with Gasteiger partial charge in [-0.1, -0.05) is 17.3 Å². The zero-order valence-electron chi connectivity index (χ0n) is 23.4. The predicted molar refractivity (Wildman–Crippen MR) is 148 cm³/mol. The Morgan fingerprint density at radius 3 is 2.74 bits per heavy atom. The number of aryl methyl sites for hydroxylation is 2. The number of rotatable bonds is 9. The number of anilines is 1. The molecule has 3 heterocycles. The molecule has 1 fully saturated rings. The van der Waals surface area contributed by atoms with E-state index >= 15 is 0 Å². The highest BCUT2D eigenvalue weighted by Crippen LogP contribution is 2.34. The first-order valence-corrected chi connectivity index (χ1v) is 13.2. The smallest absolute Gasteiger partial charge is 0.409 e. The molecule has 3 aromatic rings. The second kappa shape index (κ2) is 12.4. The average molecular weight is 539 g/mol. The number of hydrogen-bond acceptors (Lipinski definition) is 10. The van der Waals surface area contributed by atoms with Crippen LogP contribution in [0.2, 0.25) is 0 Å². The van der Waals surface area contributed by atoms with E-state index < -0.39 is 6.10 Å². The highest BCUT2D eigenvalue weighted by Gasteiger charge is 2.30. The molecular weight excluding hydrogens is 500 g/mol. The number of aliphatic hydroxyl groups excluding tert-OH is 1. The maximum Gasteiger partial charge on any atom is 0.409 e. The van der Waals surface area contributed by atoms with Crippen molar-refractivity contribution in [1.82, 2.24) is 25.3 Å². The second-order valence-electron chi connectivity index (χ2n) is 10.00. The summed E-state index contributed by atoms with van der Waals surface area (Å²) in [5, 5.41) is 20.7. The highest BCUT2D eigenvalue weighted by atomic mass is 16.5. The molecule has 11 heteroatoms. The summed E-state index contributed by atoms with van der Waals surface area (Å²) >= 11 is 0. The third-order valence-corrected chi connectivity index (χ3v) is 7.02. The van der Waals surface area contributed by atoms with Crippen LogP contribution >= 0.6 is 0 Å². The van der Waals surface area contributed by atoms with E-state index in [9.17, 15) is 9.90 Å². The molecule has 11 nitrogen and oxygen atoms in total. The van der Waals surface area contributed by atoms with Crippen LogP contribution in [0.5, 0.6) is 5.75 Å². The summed E-state index contributed by atoms with van der Waals surface area (Å²) in [5.74, 6) is 2.54. The van der Waals surface area contributed by atoms with Crippen LogP contribution in [0.3, 0.4) is 0 Å². The lowest BCUT2D eigenvalue weighted by molar-refractivity contribution is 0.0920. The van der Waals surface area contributed by atoms with Gasteiger partial charge in [0.1, 0.15) is 30.0 Å². The molecule has 0 saturated carbocycles. The van der Waals surface area contributed by atoms with Crippen LogP contribution in [0, 0.1) is 20.8 Å². The zero-order valence-corrected chi connectivity index (χ0v) is 23.4. The van der Waals surface area contributed by atoms with E-state index in [0.717, 1.165) is 46.7 Å². The lowest BCUT2D eigenvalue weighted by atomic mass is 9.98. The van der Waals surface area contributed by atoms with Crippen molar-refractivity contribution in [2.45, 2.75) is 58.7 Å². The fourth-order valence-electron chi connectivity index (χ4n) is 4.95. The molecule has 1 aliphatic heterocycles. The third kappa shape index (κ3) is 6.48. The van der Waals surface area contributed by atoms with Crippen molar-refractivity contribution < 1.29 is 23.9 Å². The van der Waals surface area contributed by atoms with Gasteiger partial charge in [-0.15, -0.1) is 0 Å². The maximum atomic E-state index is 12.1. The standard InChI is InChI=1S/C28H38N6O5/c1-16-12-21(10-11-34(16)28(36)37-6)30-26-17(2)25(24-18(3)33-39-19(24)4)31-27(32-26)20-8-7-9-23(13-20)38-15-22(35)14-29-5/h7-9,13,16,21-22,29,35H,10-12,14-15H2,1-6H3,(H,30,31,32)/t16?,21?,22-/m1/s1. The van der Waals surface area contributed by atoms with E-state index in [1.807, 2.05) is 52.0 Å². The Morgan fingerprint density at radius 1 is 1.28 bits per heavy atom. The number of nitrogens with one attached hydrogen (secondary N) is 2. The quantitative estimate of drug-likeness (QED) is 0.370. The van der Waals surface area contributed by atoms with Gasteiger partial charge in [-0.2, -0.15) is 0 Å². The molecule has 2 aromatic heterocycles. The Labute approximate surface area is 228 Å². The van der Waals surface area contributed by atoms with Crippen molar-refractivity contribution >= 4 is 11.9 Å². The minimum absolute atomic E-state index is 0.0273. The molecule has 1 aromatic carbocycles. The van der Waals surface area contributed by atoms with Gasteiger partial charge in [0.25, 0.3) is 0 Å². The number of benzene rings is 1. The molecule has 0 bridgehead atoms. The van der Waals surface area contributed by atoms with Crippen molar-refractivity contribution in [2.75, 3.05) is 39.2 Å². The van der Waals surface area contributed by atoms with Gasteiger partial charge >= 0.3 is 6.09 Å². The molecule has 1 aliphatic rings. The molecule has 0 spiro atoms. The number of carbonyl (C=O) groups is 1. The maximum absolute atomic E-state index is 12.1. The fourth-order valence-corrected chi connectivity index (χ4v) is 4.95. The van der Waals surface area contributed by atoms with Gasteiger partial charge in [0.2, 0.25) is 0 Å². The minimum Gasteiger partial charge on any atom is -0.491 e. The van der Waals surface area contributed by atoms with Crippen molar-refractivity contribution in [1.29, 1.82) is 0 Å². The fraction of sp³-hybridized carbons (Fsp3) is 0.500. The Hall–Kier alpha value is -3.70. The van der Waals surface area contributed by atoms with Crippen LogP contribution in [0.1, 0.15) is 36.8 Å². The summed E-state index contributed by atoms with van der Waals surface area (Å²) in [6.07, 6.45) is 0.594. The van der Waals surface area contributed by atoms with Crippen molar-refractivity contribution in [3.05, 3.63) is 41.3 Å². The Bertz CT molecular complexity index is 1280. The van der Waals surface area contributed by atoms with Gasteiger partial charge in [-0.25, -0.2) is 14.8 Å². The normalized spacial score (nSPS) is 18.1. The number of likely N-dealkylation sites (N-methyl/N-ethyl adjacent to an activating group) is 1. The molecule has 3 N–H and O–H groups in total. The van der Waals surface area contributed by atoms with Crippen molar-refractivity contribution in [3.8, 4) is 28.4 Å². The van der Waals surface area contributed by atoms with Crippen molar-refractivity contribution in [2.24, 2.45) is 0 Å². The zero-order chi connectivity index (χ0) is 28.1. The first kappa shape index (κ1) is 28.3. The average Bonchev–Trinajstić information content (AvgIpc) is 3.26. The van der Waals surface area contributed by atoms with Crippen LogP contribution in [-0.4, -0.2) is 83.3 Å².